The Morgan fingerprint density at radius 2 is 1.96 bits per heavy atom. The summed E-state index contributed by atoms with van der Waals surface area (Å²) < 4.78 is 40.3. The first-order valence-electron chi connectivity index (χ1n) is 8.56. The minimum Gasteiger partial charge on any atom is -0.497 e. The van der Waals surface area contributed by atoms with Crippen LogP contribution in [0.1, 0.15) is 23.6 Å². The van der Waals surface area contributed by atoms with Crippen LogP contribution in [0.15, 0.2) is 42.7 Å². The summed E-state index contributed by atoms with van der Waals surface area (Å²) in [5.74, 6) is -0.635. The third-order valence-corrected chi connectivity index (χ3v) is 4.75. The summed E-state index contributed by atoms with van der Waals surface area (Å²) in [7, 11) is 3.07. The molecule has 1 amide bonds. The smallest absolute Gasteiger partial charge is 0.226 e. The number of carbonyl (C=O) groups is 1. The Labute approximate surface area is 159 Å². The second kappa shape index (κ2) is 6.95. The van der Waals surface area contributed by atoms with E-state index in [0.717, 1.165) is 18.2 Å². The topological polar surface area (TPSA) is 65.4 Å². The molecule has 0 fully saturated rings. The first-order chi connectivity index (χ1) is 13.5. The van der Waals surface area contributed by atoms with E-state index in [2.05, 4.69) is 10.3 Å². The fourth-order valence-electron chi connectivity index (χ4n) is 3.41. The van der Waals surface area contributed by atoms with E-state index in [0.29, 0.717) is 28.7 Å². The molecule has 0 aliphatic carbocycles. The van der Waals surface area contributed by atoms with Gasteiger partial charge in [0.05, 0.1) is 25.6 Å². The zero-order chi connectivity index (χ0) is 19.8. The maximum atomic E-state index is 14.3. The second-order valence-electron chi connectivity index (χ2n) is 6.36. The van der Waals surface area contributed by atoms with Gasteiger partial charge in [-0.3, -0.25) is 9.36 Å². The Balaban J connectivity index is 1.85. The largest absolute Gasteiger partial charge is 0.497 e. The van der Waals surface area contributed by atoms with Crippen LogP contribution in [0.5, 0.6) is 11.5 Å². The Kier molecular flexibility index (Phi) is 4.46. The lowest BCUT2D eigenvalue weighted by Crippen LogP contribution is -2.25. The van der Waals surface area contributed by atoms with Gasteiger partial charge in [-0.25, -0.2) is 13.8 Å². The van der Waals surface area contributed by atoms with E-state index in [4.69, 9.17) is 9.47 Å². The summed E-state index contributed by atoms with van der Waals surface area (Å²) >= 11 is 0. The van der Waals surface area contributed by atoms with Gasteiger partial charge in [-0.05, 0) is 30.3 Å². The number of amides is 1. The summed E-state index contributed by atoms with van der Waals surface area (Å²) in [5, 5.41) is 2.78. The van der Waals surface area contributed by atoms with Crippen molar-refractivity contribution < 1.29 is 23.0 Å². The van der Waals surface area contributed by atoms with Gasteiger partial charge in [0.15, 0.2) is 0 Å². The number of nitrogens with one attached hydrogen (secondary N) is 1. The molecule has 4 rings (SSSR count). The molecule has 1 N–H and O–H groups in total. The molecule has 0 spiro atoms. The number of halogens is 2. The van der Waals surface area contributed by atoms with Gasteiger partial charge in [-0.2, -0.15) is 0 Å². The number of carbonyl (C=O) groups excluding carboxylic acids is 1. The number of rotatable bonds is 4. The van der Waals surface area contributed by atoms with Gasteiger partial charge in [0.1, 0.15) is 35.3 Å². The lowest BCUT2D eigenvalue weighted by Gasteiger charge is -2.24. The molecule has 1 aliphatic rings. The van der Waals surface area contributed by atoms with Crippen molar-refractivity contribution in [2.24, 2.45) is 0 Å². The lowest BCUT2D eigenvalue weighted by atomic mass is 9.89. The first kappa shape index (κ1) is 18.0. The van der Waals surface area contributed by atoms with E-state index >= 15 is 0 Å². The molecule has 144 valence electrons. The predicted octanol–water partition coefficient (Wildman–Crippen LogP) is 3.64. The third-order valence-electron chi connectivity index (χ3n) is 4.75. The minimum atomic E-state index is -0.690. The van der Waals surface area contributed by atoms with Gasteiger partial charge in [-0.15, -0.1) is 0 Å². The molecule has 1 aromatic heterocycles. The average Bonchev–Trinajstić information content (AvgIpc) is 3.12. The van der Waals surface area contributed by atoms with Crippen molar-refractivity contribution in [1.29, 1.82) is 0 Å². The van der Waals surface area contributed by atoms with Crippen molar-refractivity contribution in [2.45, 2.75) is 12.3 Å². The van der Waals surface area contributed by atoms with Gasteiger partial charge in [-0.1, -0.05) is 0 Å². The van der Waals surface area contributed by atoms with Crippen LogP contribution >= 0.6 is 0 Å². The van der Waals surface area contributed by atoms with Crippen LogP contribution in [0.25, 0.3) is 5.69 Å². The van der Waals surface area contributed by atoms with Crippen LogP contribution in [0, 0.1) is 11.6 Å². The Bertz CT molecular complexity index is 1060. The number of ether oxygens (including phenoxy) is 2. The highest BCUT2D eigenvalue weighted by Gasteiger charge is 2.33. The number of anilines is 1. The van der Waals surface area contributed by atoms with Gasteiger partial charge >= 0.3 is 0 Å². The third kappa shape index (κ3) is 2.96. The lowest BCUT2D eigenvalue weighted by molar-refractivity contribution is -0.116. The zero-order valence-corrected chi connectivity index (χ0v) is 15.2. The molecule has 0 radical (unpaired) electrons. The SMILES string of the molecule is COc1ccc(-n2cnc3c2NC(=O)C[C@H]3c2cc(F)ccc2F)c(OC)c1. The van der Waals surface area contributed by atoms with Crippen molar-refractivity contribution in [3.05, 3.63) is 65.6 Å². The normalized spacial score (nSPS) is 15.7. The van der Waals surface area contributed by atoms with Crippen molar-refractivity contribution in [3.63, 3.8) is 0 Å². The van der Waals surface area contributed by atoms with E-state index in [1.54, 1.807) is 29.9 Å². The zero-order valence-electron chi connectivity index (χ0n) is 15.2. The van der Waals surface area contributed by atoms with Crippen LogP contribution in [0.2, 0.25) is 0 Å². The summed E-state index contributed by atoms with van der Waals surface area (Å²) in [5.41, 5.74) is 1.18. The molecule has 28 heavy (non-hydrogen) atoms. The van der Waals surface area contributed by atoms with Crippen LogP contribution in [0.4, 0.5) is 14.6 Å². The standard InChI is InChI=1S/C20H17F2N3O3/c1-27-12-4-6-16(17(8-12)28-2)25-10-23-19-14(9-18(26)24-20(19)25)13-7-11(21)3-5-15(13)22/h3-8,10,14H,9H2,1-2H3,(H,24,26)/t14-/m0/s1. The quantitative estimate of drug-likeness (QED) is 0.745. The van der Waals surface area contributed by atoms with Crippen molar-refractivity contribution >= 4 is 11.7 Å². The molecule has 0 saturated heterocycles. The molecule has 1 atom stereocenters. The number of hydrogen-bond donors (Lipinski definition) is 1. The summed E-state index contributed by atoms with van der Waals surface area (Å²) in [6.45, 7) is 0. The molecule has 2 heterocycles. The fraction of sp³-hybridized carbons (Fsp3) is 0.200. The highest BCUT2D eigenvalue weighted by molar-refractivity contribution is 5.94. The highest BCUT2D eigenvalue weighted by Crippen LogP contribution is 2.40. The number of fused-ring (bicyclic) bond motifs is 1. The van der Waals surface area contributed by atoms with Crippen molar-refractivity contribution in [3.8, 4) is 17.2 Å². The summed E-state index contributed by atoms with van der Waals surface area (Å²) in [6, 6.07) is 8.42. The number of aromatic nitrogens is 2. The number of hydrogen-bond acceptors (Lipinski definition) is 4. The predicted molar refractivity (Wildman–Crippen MR) is 98.1 cm³/mol. The van der Waals surface area contributed by atoms with Crippen LogP contribution in [-0.4, -0.2) is 29.7 Å². The number of imidazole rings is 1. The van der Waals surface area contributed by atoms with E-state index in [1.807, 2.05) is 0 Å². The maximum Gasteiger partial charge on any atom is 0.226 e. The molecule has 0 saturated carbocycles. The van der Waals surface area contributed by atoms with Crippen molar-refractivity contribution in [1.82, 2.24) is 9.55 Å². The second-order valence-corrected chi connectivity index (χ2v) is 6.36. The van der Waals surface area contributed by atoms with Crippen molar-refractivity contribution in [2.75, 3.05) is 19.5 Å². The molecule has 1 aliphatic heterocycles. The molecule has 6 nitrogen and oxygen atoms in total. The monoisotopic (exact) mass is 385 g/mol. The number of methoxy groups -OCH3 is 2. The Morgan fingerprint density at radius 1 is 1.14 bits per heavy atom. The van der Waals surface area contributed by atoms with Crippen LogP contribution < -0.4 is 14.8 Å². The molecular weight excluding hydrogens is 368 g/mol. The minimum absolute atomic E-state index is 0.0237. The van der Waals surface area contributed by atoms with Gasteiger partial charge < -0.3 is 14.8 Å². The Hall–Kier alpha value is -3.42. The van der Waals surface area contributed by atoms with E-state index < -0.39 is 17.6 Å². The number of benzene rings is 2. The Morgan fingerprint density at radius 3 is 2.71 bits per heavy atom. The summed E-state index contributed by atoms with van der Waals surface area (Å²) in [4.78, 5) is 16.7. The molecular formula is C20H17F2N3O3. The van der Waals surface area contributed by atoms with Gasteiger partial charge in [0, 0.05) is 24.0 Å². The number of nitrogens with zero attached hydrogens (tertiary/aromatic N) is 2. The maximum absolute atomic E-state index is 14.3. The first-order valence-corrected chi connectivity index (χ1v) is 8.56. The molecule has 3 aromatic rings. The van der Waals surface area contributed by atoms with Gasteiger partial charge in [0.25, 0.3) is 0 Å². The van der Waals surface area contributed by atoms with Gasteiger partial charge in [0.2, 0.25) is 5.91 Å². The van der Waals surface area contributed by atoms with E-state index in [1.165, 1.54) is 13.4 Å². The molecule has 0 unspecified atom stereocenters. The highest BCUT2D eigenvalue weighted by atomic mass is 19.1. The fourth-order valence-corrected chi connectivity index (χ4v) is 3.41. The van der Waals surface area contributed by atoms with Crippen LogP contribution in [0.3, 0.4) is 0 Å². The van der Waals surface area contributed by atoms with E-state index in [-0.39, 0.29) is 17.9 Å². The van der Waals surface area contributed by atoms with E-state index in [9.17, 15) is 13.6 Å². The summed E-state index contributed by atoms with van der Waals surface area (Å²) in [6.07, 6.45) is 1.49. The molecule has 2 aromatic carbocycles. The average molecular weight is 385 g/mol. The molecule has 8 heteroatoms. The molecule has 0 bridgehead atoms. The van der Waals surface area contributed by atoms with Crippen LogP contribution in [-0.2, 0) is 4.79 Å².